The monoisotopic (exact) mass is 1020 g/mol. The molecule has 12 aromatic carbocycles. The molecule has 0 fully saturated rings. The molecule has 0 N–H and O–H groups in total. The molecule has 0 atom stereocenters. The fraction of sp³-hybridized carbons (Fsp3) is 0. The van der Waals surface area contributed by atoms with Crippen molar-refractivity contribution in [2.24, 2.45) is 0 Å². The van der Waals surface area contributed by atoms with E-state index in [-0.39, 0.29) is 6.71 Å². The van der Waals surface area contributed by atoms with Crippen molar-refractivity contribution in [2.75, 3.05) is 4.90 Å². The van der Waals surface area contributed by atoms with Crippen LogP contribution in [0, 0.1) is 11.3 Å². The third-order valence-corrected chi connectivity index (χ3v) is 17.4. The van der Waals surface area contributed by atoms with Crippen LogP contribution in [-0.4, -0.2) is 11.3 Å². The van der Waals surface area contributed by atoms with E-state index < -0.39 is 0 Å². The first kappa shape index (κ1) is 45.2. The van der Waals surface area contributed by atoms with Crippen molar-refractivity contribution in [3.05, 3.63) is 272 Å². The van der Waals surface area contributed by atoms with Gasteiger partial charge >= 0.3 is 0 Å². The van der Waals surface area contributed by atoms with E-state index >= 15 is 0 Å². The average Bonchev–Trinajstić information content (AvgIpc) is 4.11. The minimum Gasteiger partial charge on any atom is -0.455 e. The van der Waals surface area contributed by atoms with E-state index in [9.17, 15) is 5.26 Å². The van der Waals surface area contributed by atoms with Gasteiger partial charge in [0.2, 0.25) is 6.71 Å². The van der Waals surface area contributed by atoms with Crippen molar-refractivity contribution in [2.45, 2.75) is 9.79 Å². The molecule has 2 aliphatic rings. The molecular formula is C73H44BN3OS. The van der Waals surface area contributed by atoms with Crippen LogP contribution < -0.4 is 21.3 Å². The lowest BCUT2D eigenvalue weighted by molar-refractivity contribution is 0.661. The molecule has 4 nitrogen and oxygen atoms in total. The zero-order valence-electron chi connectivity index (χ0n) is 42.6. The highest BCUT2D eigenvalue weighted by Crippen LogP contribution is 2.52. The third-order valence-electron chi connectivity index (χ3n) is 16.3. The summed E-state index contributed by atoms with van der Waals surface area (Å²) in [6.07, 6.45) is 0. The molecule has 4 heterocycles. The number of rotatable bonds is 7. The Hall–Kier alpha value is -10.1. The van der Waals surface area contributed by atoms with E-state index in [0.717, 1.165) is 116 Å². The van der Waals surface area contributed by atoms with Crippen molar-refractivity contribution < 1.29 is 4.42 Å². The van der Waals surface area contributed by atoms with Gasteiger partial charge in [0.25, 0.3) is 0 Å². The van der Waals surface area contributed by atoms with E-state index in [1.165, 1.54) is 32.4 Å². The number of hydrogen-bond donors (Lipinski definition) is 0. The smallest absolute Gasteiger partial charge is 0.249 e. The summed E-state index contributed by atoms with van der Waals surface area (Å²) in [6.45, 7) is -0.155. The number of nitriles is 1. The van der Waals surface area contributed by atoms with E-state index in [1.807, 2.05) is 23.9 Å². The highest BCUT2D eigenvalue weighted by atomic mass is 32.2. The van der Waals surface area contributed by atoms with Gasteiger partial charge in [-0.05, 0) is 116 Å². The Labute approximate surface area is 461 Å². The Morgan fingerprint density at radius 2 is 1.01 bits per heavy atom. The topological polar surface area (TPSA) is 45.1 Å². The summed E-state index contributed by atoms with van der Waals surface area (Å²) in [7, 11) is 0. The number of fused-ring (bicyclic) bond motifs is 11. The summed E-state index contributed by atoms with van der Waals surface area (Å²) in [5, 5.41) is 14.5. The van der Waals surface area contributed by atoms with Crippen molar-refractivity contribution in [3.8, 4) is 67.4 Å². The second kappa shape index (κ2) is 18.0. The van der Waals surface area contributed by atoms with Gasteiger partial charge in [0.1, 0.15) is 11.2 Å². The number of hydrogen-bond acceptors (Lipinski definition) is 4. The summed E-state index contributed by atoms with van der Waals surface area (Å²) in [6, 6.07) is 99.1. The van der Waals surface area contributed by atoms with Crippen molar-refractivity contribution in [1.29, 1.82) is 5.26 Å². The normalized spacial score (nSPS) is 12.4. The first-order valence-corrected chi connectivity index (χ1v) is 27.6. The number of para-hydroxylation sites is 2. The SMILES string of the molecule is N#Cc1ccc2c(c1)c1ccccc1n2-c1ccc2c(c1)N(c1c(-c3ccccc3)cccc1-c1ccccc1)c1cc(-c3cccc(-c4ccccc4)c3)cc3c1B2c1ccc2c(oc4cccc(-c5ccccc5)c42)c1S3. The Kier molecular flexibility index (Phi) is 10.3. The molecule has 0 amide bonds. The molecule has 0 saturated carbocycles. The first-order chi connectivity index (χ1) is 39.1. The molecule has 16 rings (SSSR count). The number of aromatic nitrogens is 1. The highest BCUT2D eigenvalue weighted by molar-refractivity contribution is 8.00. The number of nitrogens with zero attached hydrogens (tertiary/aromatic N) is 3. The quantitative estimate of drug-likeness (QED) is 0.149. The van der Waals surface area contributed by atoms with Crippen LogP contribution in [0.3, 0.4) is 0 Å². The van der Waals surface area contributed by atoms with Gasteiger partial charge in [0.05, 0.1) is 33.2 Å². The van der Waals surface area contributed by atoms with E-state index in [0.29, 0.717) is 5.56 Å². The van der Waals surface area contributed by atoms with Gasteiger partial charge in [-0.3, -0.25) is 0 Å². The van der Waals surface area contributed by atoms with Crippen LogP contribution in [0.4, 0.5) is 17.1 Å². The molecule has 366 valence electrons. The second-order valence-corrected chi connectivity index (χ2v) is 21.7. The molecule has 0 unspecified atom stereocenters. The van der Waals surface area contributed by atoms with E-state index in [1.54, 1.807) is 0 Å². The zero-order chi connectivity index (χ0) is 52.1. The highest BCUT2D eigenvalue weighted by Gasteiger charge is 2.43. The molecular weight excluding hydrogens is 978 g/mol. The first-order valence-electron chi connectivity index (χ1n) is 26.8. The maximum Gasteiger partial charge on any atom is 0.249 e. The van der Waals surface area contributed by atoms with Crippen molar-refractivity contribution in [3.63, 3.8) is 0 Å². The number of furan rings is 1. The fourth-order valence-electron chi connectivity index (χ4n) is 12.8. The molecule has 0 spiro atoms. The van der Waals surface area contributed by atoms with Crippen molar-refractivity contribution >= 4 is 95.7 Å². The maximum absolute atomic E-state index is 10.1. The van der Waals surface area contributed by atoms with Gasteiger partial charge in [-0.15, -0.1) is 0 Å². The lowest BCUT2D eigenvalue weighted by Crippen LogP contribution is -2.60. The molecule has 14 aromatic rings. The Morgan fingerprint density at radius 1 is 0.418 bits per heavy atom. The Morgan fingerprint density at radius 3 is 1.73 bits per heavy atom. The minimum atomic E-state index is -0.155. The summed E-state index contributed by atoms with van der Waals surface area (Å²) in [5.41, 5.74) is 24.0. The van der Waals surface area contributed by atoms with Gasteiger partial charge in [0.15, 0.2) is 0 Å². The molecule has 6 heteroatoms. The second-order valence-electron chi connectivity index (χ2n) is 20.6. The Bertz CT molecular complexity index is 4770. The number of benzene rings is 12. The minimum absolute atomic E-state index is 0.155. The van der Waals surface area contributed by atoms with Gasteiger partial charge in [0, 0.05) is 54.6 Å². The predicted octanol–water partition coefficient (Wildman–Crippen LogP) is 17.7. The van der Waals surface area contributed by atoms with Crippen LogP contribution in [0.2, 0.25) is 0 Å². The lowest BCUT2D eigenvalue weighted by atomic mass is 9.34. The summed E-state index contributed by atoms with van der Waals surface area (Å²) in [4.78, 5) is 4.93. The predicted molar refractivity (Wildman–Crippen MR) is 330 cm³/mol. The molecule has 0 saturated heterocycles. The van der Waals surface area contributed by atoms with Gasteiger partial charge in [-0.25, -0.2) is 0 Å². The lowest BCUT2D eigenvalue weighted by Gasteiger charge is -2.42. The maximum atomic E-state index is 10.1. The van der Waals surface area contributed by atoms with Crippen LogP contribution in [0.5, 0.6) is 0 Å². The van der Waals surface area contributed by atoms with Gasteiger partial charge < -0.3 is 13.9 Å². The summed E-state index contributed by atoms with van der Waals surface area (Å²) < 4.78 is 9.55. The van der Waals surface area contributed by atoms with E-state index in [2.05, 4.69) is 270 Å². The van der Waals surface area contributed by atoms with Crippen LogP contribution in [0.25, 0.3) is 105 Å². The molecule has 79 heavy (non-hydrogen) atoms. The average molecular weight is 1020 g/mol. The number of anilines is 3. The third kappa shape index (κ3) is 7.10. The zero-order valence-corrected chi connectivity index (χ0v) is 43.5. The van der Waals surface area contributed by atoms with Gasteiger partial charge in [-0.2, -0.15) is 5.26 Å². The van der Waals surface area contributed by atoms with Crippen LogP contribution in [0.15, 0.2) is 281 Å². The van der Waals surface area contributed by atoms with Gasteiger partial charge in [-0.1, -0.05) is 223 Å². The largest absolute Gasteiger partial charge is 0.455 e. The molecule has 2 aliphatic heterocycles. The molecule has 0 bridgehead atoms. The van der Waals surface area contributed by atoms with Crippen LogP contribution >= 0.6 is 11.8 Å². The van der Waals surface area contributed by atoms with E-state index in [4.69, 9.17) is 4.42 Å². The summed E-state index contributed by atoms with van der Waals surface area (Å²) in [5.74, 6) is 0. The summed E-state index contributed by atoms with van der Waals surface area (Å²) >= 11 is 1.84. The van der Waals surface area contributed by atoms with Crippen molar-refractivity contribution in [1.82, 2.24) is 4.57 Å². The standard InChI is InChI=1S/C73H44BN3OS/c75-45-46-34-39-64-60(40-46)58-28-13-14-32-63(58)76(64)54-35-37-61-65(44-54)77(71-56(49-22-9-3-10-23-49)30-16-31-57(71)50-24-11-4-12-25-50)66-42-53(52-27-15-26-51(41-52)47-18-5-1-6-19-47)43-68-70(66)74(61)62-38-36-59-69-55(48-20-7-2-8-21-48)29-17-33-67(69)78-72(59)73(62)79-68/h1-44H. The van der Waals surface area contributed by atoms with Crippen LogP contribution in [-0.2, 0) is 0 Å². The molecule has 0 aliphatic carbocycles. The molecule has 2 aromatic heterocycles. The Balaban J connectivity index is 1.03. The molecule has 0 radical (unpaired) electrons. The fourth-order valence-corrected chi connectivity index (χ4v) is 14.1. The van der Waals surface area contributed by atoms with Crippen LogP contribution in [0.1, 0.15) is 5.56 Å².